The van der Waals surface area contributed by atoms with Crippen LogP contribution in [0.15, 0.2) is 0 Å². The summed E-state index contributed by atoms with van der Waals surface area (Å²) in [6.45, 7) is 10.2. The van der Waals surface area contributed by atoms with Crippen molar-refractivity contribution >= 4 is 17.8 Å². The summed E-state index contributed by atoms with van der Waals surface area (Å²) in [4.78, 5) is 35.2. The summed E-state index contributed by atoms with van der Waals surface area (Å²) < 4.78 is 5.01. The summed E-state index contributed by atoms with van der Waals surface area (Å²) in [6.07, 6.45) is 2.20. The zero-order valence-corrected chi connectivity index (χ0v) is 14.0. The van der Waals surface area contributed by atoms with Crippen LogP contribution >= 0.6 is 0 Å². The molecule has 0 saturated heterocycles. The van der Waals surface area contributed by atoms with Gasteiger partial charge in [-0.1, -0.05) is 19.8 Å². The lowest BCUT2D eigenvalue weighted by molar-refractivity contribution is -0.133. The normalized spacial score (nSPS) is 11.7. The Bertz CT molecular complexity index is 399. The highest BCUT2D eigenvalue weighted by atomic mass is 16.5. The minimum atomic E-state index is -1.16. The summed E-state index contributed by atoms with van der Waals surface area (Å²) in [5.41, 5.74) is -2.13. The molecule has 0 unspecified atom stereocenters. The molecule has 0 spiro atoms. The SMILES string of the molecule is CCCCCOC(=O)NC(C)(C)C(=O)NC(C)(C)C(C)=O.[HH].[HH]. The zero-order chi connectivity index (χ0) is 16.7. The number of unbranched alkanes of at least 4 members (excludes halogenated alkanes) is 2. The molecular formula is C15H32N2O4. The highest BCUT2D eigenvalue weighted by Crippen LogP contribution is 2.09. The maximum Gasteiger partial charge on any atom is 0.407 e. The lowest BCUT2D eigenvalue weighted by atomic mass is 9.97. The number of hydrogen-bond acceptors (Lipinski definition) is 4. The van der Waals surface area contributed by atoms with E-state index in [1.165, 1.54) is 6.92 Å². The molecule has 0 aromatic carbocycles. The van der Waals surface area contributed by atoms with E-state index in [4.69, 9.17) is 4.74 Å². The Morgan fingerprint density at radius 1 is 1.00 bits per heavy atom. The van der Waals surface area contributed by atoms with E-state index in [0.717, 1.165) is 19.3 Å². The highest BCUT2D eigenvalue weighted by Gasteiger charge is 2.35. The van der Waals surface area contributed by atoms with Crippen LogP contribution in [0.2, 0.25) is 0 Å². The lowest BCUT2D eigenvalue weighted by Crippen LogP contribution is -2.60. The van der Waals surface area contributed by atoms with Crippen LogP contribution in [0.25, 0.3) is 0 Å². The van der Waals surface area contributed by atoms with Gasteiger partial charge in [0.15, 0.2) is 5.78 Å². The minimum absolute atomic E-state index is 0. The number of ketones is 1. The fraction of sp³-hybridized carbons (Fsp3) is 0.800. The maximum absolute atomic E-state index is 12.2. The van der Waals surface area contributed by atoms with E-state index in [0.29, 0.717) is 6.61 Å². The number of alkyl carbamates (subject to hydrolysis) is 1. The van der Waals surface area contributed by atoms with E-state index in [2.05, 4.69) is 17.6 Å². The smallest absolute Gasteiger partial charge is 0.407 e. The number of carbonyl (C=O) groups is 3. The summed E-state index contributed by atoms with van der Waals surface area (Å²) in [6, 6.07) is 0. The Morgan fingerprint density at radius 3 is 2.05 bits per heavy atom. The molecule has 0 fully saturated rings. The van der Waals surface area contributed by atoms with Gasteiger partial charge in [-0.15, -0.1) is 0 Å². The van der Waals surface area contributed by atoms with Gasteiger partial charge in [-0.05, 0) is 41.0 Å². The molecule has 0 radical (unpaired) electrons. The standard InChI is InChI=1S/C15H28N2O4.2H2/c1-7-8-9-10-21-13(20)17-15(5,6)12(19)16-14(3,4)11(2)18;;/h7-10H2,1-6H3,(H,16,19)(H,17,20);2*1H. The first-order valence-electron chi connectivity index (χ1n) is 7.31. The summed E-state index contributed by atoms with van der Waals surface area (Å²) in [7, 11) is 0. The molecule has 0 rings (SSSR count). The van der Waals surface area contributed by atoms with E-state index in [-0.39, 0.29) is 8.64 Å². The molecule has 0 aliphatic carbocycles. The zero-order valence-electron chi connectivity index (χ0n) is 14.0. The topological polar surface area (TPSA) is 84.5 Å². The van der Waals surface area contributed by atoms with Crippen molar-refractivity contribution in [3.63, 3.8) is 0 Å². The number of ether oxygens (including phenoxy) is 1. The van der Waals surface area contributed by atoms with Crippen LogP contribution < -0.4 is 10.6 Å². The molecule has 0 heterocycles. The van der Waals surface area contributed by atoms with Crippen LogP contribution in [0.3, 0.4) is 0 Å². The molecule has 2 N–H and O–H groups in total. The van der Waals surface area contributed by atoms with Crippen LogP contribution in [0.5, 0.6) is 0 Å². The molecule has 6 nitrogen and oxygen atoms in total. The van der Waals surface area contributed by atoms with Crippen LogP contribution in [-0.2, 0) is 14.3 Å². The number of carbonyl (C=O) groups excluding carboxylic acids is 3. The van der Waals surface area contributed by atoms with Gasteiger partial charge < -0.3 is 15.4 Å². The fourth-order valence-electron chi connectivity index (χ4n) is 1.39. The Balaban J connectivity index is -0.00000200. The molecule has 0 aromatic rings. The Labute approximate surface area is 130 Å². The third-order valence-electron chi connectivity index (χ3n) is 3.27. The van der Waals surface area contributed by atoms with Gasteiger partial charge in [-0.2, -0.15) is 0 Å². The van der Waals surface area contributed by atoms with Crippen molar-refractivity contribution in [2.24, 2.45) is 0 Å². The molecular weight excluding hydrogens is 272 g/mol. The van der Waals surface area contributed by atoms with Crippen molar-refractivity contribution < 1.29 is 22.0 Å². The summed E-state index contributed by atoms with van der Waals surface area (Å²) in [5, 5.41) is 5.13. The third-order valence-corrected chi connectivity index (χ3v) is 3.27. The molecule has 0 saturated carbocycles. The lowest BCUT2D eigenvalue weighted by Gasteiger charge is -2.30. The van der Waals surface area contributed by atoms with Gasteiger partial charge in [0.25, 0.3) is 0 Å². The van der Waals surface area contributed by atoms with Gasteiger partial charge in [0, 0.05) is 2.85 Å². The maximum atomic E-state index is 12.2. The predicted octanol–water partition coefficient (Wildman–Crippen LogP) is 2.66. The van der Waals surface area contributed by atoms with Crippen molar-refractivity contribution in [2.75, 3.05) is 6.61 Å². The van der Waals surface area contributed by atoms with Crippen LogP contribution in [0, 0.1) is 0 Å². The van der Waals surface area contributed by atoms with Crippen molar-refractivity contribution in [2.45, 2.75) is 71.9 Å². The molecule has 126 valence electrons. The molecule has 0 aliphatic rings. The molecule has 2 amide bonds. The largest absolute Gasteiger partial charge is 0.450 e. The monoisotopic (exact) mass is 304 g/mol. The predicted molar refractivity (Wildman–Crippen MR) is 85.2 cm³/mol. The average Bonchev–Trinajstić information content (AvgIpc) is 2.33. The van der Waals surface area contributed by atoms with Crippen LogP contribution in [-0.4, -0.2) is 35.5 Å². The van der Waals surface area contributed by atoms with Gasteiger partial charge in [0.05, 0.1) is 12.1 Å². The third kappa shape index (κ3) is 7.11. The van der Waals surface area contributed by atoms with Crippen molar-refractivity contribution in [3.8, 4) is 0 Å². The number of amides is 2. The van der Waals surface area contributed by atoms with E-state index in [1.807, 2.05) is 0 Å². The Kier molecular flexibility index (Phi) is 7.39. The first-order chi connectivity index (χ1) is 9.53. The van der Waals surface area contributed by atoms with Gasteiger partial charge in [0.1, 0.15) is 5.54 Å². The van der Waals surface area contributed by atoms with E-state index in [9.17, 15) is 14.4 Å². The fourth-order valence-corrected chi connectivity index (χ4v) is 1.39. The molecule has 0 bridgehead atoms. The van der Waals surface area contributed by atoms with E-state index in [1.54, 1.807) is 27.7 Å². The molecule has 6 heteroatoms. The Hall–Kier alpha value is -1.59. The van der Waals surface area contributed by atoms with Gasteiger partial charge in [-0.3, -0.25) is 9.59 Å². The first kappa shape index (κ1) is 19.4. The second-order valence-corrected chi connectivity index (χ2v) is 6.23. The molecule has 0 aromatic heterocycles. The quantitative estimate of drug-likeness (QED) is 0.675. The summed E-state index contributed by atoms with van der Waals surface area (Å²) in [5.74, 6) is -0.595. The van der Waals surface area contributed by atoms with Gasteiger partial charge >= 0.3 is 6.09 Å². The average molecular weight is 304 g/mol. The number of Topliss-reactive ketones (excluding diaryl/α,β-unsaturated/α-hetero) is 1. The summed E-state index contributed by atoms with van der Waals surface area (Å²) >= 11 is 0. The van der Waals surface area contributed by atoms with E-state index >= 15 is 0 Å². The second-order valence-electron chi connectivity index (χ2n) is 6.23. The second kappa shape index (κ2) is 8.00. The first-order valence-corrected chi connectivity index (χ1v) is 7.31. The highest BCUT2D eigenvalue weighted by molar-refractivity contribution is 5.95. The van der Waals surface area contributed by atoms with Crippen molar-refractivity contribution in [1.82, 2.24) is 10.6 Å². The van der Waals surface area contributed by atoms with Crippen molar-refractivity contribution in [1.29, 1.82) is 0 Å². The molecule has 0 atom stereocenters. The van der Waals surface area contributed by atoms with Crippen molar-refractivity contribution in [3.05, 3.63) is 0 Å². The minimum Gasteiger partial charge on any atom is -0.450 e. The molecule has 21 heavy (non-hydrogen) atoms. The number of rotatable bonds is 8. The van der Waals surface area contributed by atoms with Gasteiger partial charge in [0.2, 0.25) is 5.91 Å². The number of hydrogen-bond donors (Lipinski definition) is 2. The molecule has 0 aliphatic heterocycles. The van der Waals surface area contributed by atoms with E-state index < -0.39 is 23.1 Å². The van der Waals surface area contributed by atoms with Crippen LogP contribution in [0.4, 0.5) is 4.79 Å². The Morgan fingerprint density at radius 2 is 1.57 bits per heavy atom. The van der Waals surface area contributed by atoms with Gasteiger partial charge in [-0.25, -0.2) is 4.79 Å². The number of nitrogens with one attached hydrogen (secondary N) is 2. The van der Waals surface area contributed by atoms with Crippen LogP contribution in [0.1, 0.15) is 63.7 Å².